The molecule has 0 unspecified atom stereocenters. The zero-order chi connectivity index (χ0) is 20.0. The minimum atomic E-state index is -5.08. The van der Waals surface area contributed by atoms with Crippen molar-refractivity contribution in [2.45, 2.75) is 44.7 Å². The van der Waals surface area contributed by atoms with Crippen LogP contribution in [0, 0.1) is 5.92 Å². The Hall–Kier alpha value is -1.90. The van der Waals surface area contributed by atoms with E-state index in [-0.39, 0.29) is 0 Å². The Morgan fingerprint density at radius 3 is 2.37 bits per heavy atom. The molecule has 0 amide bonds. The van der Waals surface area contributed by atoms with Gasteiger partial charge >= 0.3 is 12.1 Å². The maximum atomic E-state index is 10.6. The molecule has 1 fully saturated rings. The smallest absolute Gasteiger partial charge is 0.475 e. The minimum Gasteiger partial charge on any atom is -0.475 e. The number of fused-ring (bicyclic) bond motifs is 1. The van der Waals surface area contributed by atoms with Crippen molar-refractivity contribution in [1.82, 2.24) is 14.9 Å². The molecule has 0 spiro atoms. The molecule has 0 radical (unpaired) electrons. The predicted octanol–water partition coefficient (Wildman–Crippen LogP) is 2.77. The van der Waals surface area contributed by atoms with Crippen LogP contribution in [0.25, 0.3) is 0 Å². The predicted molar refractivity (Wildman–Crippen MR) is 95.9 cm³/mol. The van der Waals surface area contributed by atoms with E-state index in [4.69, 9.17) is 9.90 Å². The summed E-state index contributed by atoms with van der Waals surface area (Å²) in [5.41, 5.74) is 2.63. The number of nitrogens with zero attached hydrogens (tertiary/aromatic N) is 4. The van der Waals surface area contributed by atoms with Crippen LogP contribution in [0.3, 0.4) is 0 Å². The molecule has 1 aromatic heterocycles. The lowest BCUT2D eigenvalue weighted by molar-refractivity contribution is -0.192. The van der Waals surface area contributed by atoms with E-state index in [1.54, 1.807) is 6.33 Å². The van der Waals surface area contributed by atoms with Gasteiger partial charge in [-0.05, 0) is 25.2 Å². The highest BCUT2D eigenvalue weighted by molar-refractivity contribution is 5.73. The molecule has 2 heterocycles. The Balaban J connectivity index is 0.000000321. The Kier molecular flexibility index (Phi) is 7.41. The quantitative estimate of drug-likeness (QED) is 0.859. The van der Waals surface area contributed by atoms with E-state index < -0.39 is 12.1 Å². The molecular weight excluding hydrogens is 361 g/mol. The van der Waals surface area contributed by atoms with E-state index in [0.29, 0.717) is 0 Å². The summed E-state index contributed by atoms with van der Waals surface area (Å²) in [7, 11) is 4.15. The number of alkyl halides is 3. The van der Waals surface area contributed by atoms with Crippen LogP contribution in [0.15, 0.2) is 6.33 Å². The lowest BCUT2D eigenvalue weighted by Gasteiger charge is -2.23. The molecule has 1 saturated carbocycles. The van der Waals surface area contributed by atoms with Gasteiger partial charge < -0.3 is 14.9 Å². The molecule has 3 rings (SSSR count). The molecule has 1 aromatic rings. The summed E-state index contributed by atoms with van der Waals surface area (Å²) in [4.78, 5) is 22.6. The number of hydrogen-bond donors (Lipinski definition) is 1. The summed E-state index contributed by atoms with van der Waals surface area (Å²) < 4.78 is 31.7. The second kappa shape index (κ2) is 9.34. The fourth-order valence-electron chi connectivity index (χ4n) is 3.68. The van der Waals surface area contributed by atoms with Gasteiger partial charge in [0.25, 0.3) is 0 Å². The average Bonchev–Trinajstić information content (AvgIpc) is 3.01. The third kappa shape index (κ3) is 6.34. The largest absolute Gasteiger partial charge is 0.490 e. The van der Waals surface area contributed by atoms with Gasteiger partial charge in [0.1, 0.15) is 12.1 Å². The van der Waals surface area contributed by atoms with Crippen LogP contribution >= 0.6 is 0 Å². The van der Waals surface area contributed by atoms with Crippen molar-refractivity contribution in [3.05, 3.63) is 17.6 Å². The number of carboxylic acids is 1. The number of carbonyl (C=O) groups is 1. The van der Waals surface area contributed by atoms with E-state index >= 15 is 0 Å². The number of aliphatic carboxylic acids is 1. The summed E-state index contributed by atoms with van der Waals surface area (Å²) in [6.45, 7) is 3.61. The van der Waals surface area contributed by atoms with Crippen LogP contribution in [0.5, 0.6) is 0 Å². The van der Waals surface area contributed by atoms with Crippen molar-refractivity contribution in [2.75, 3.05) is 38.6 Å². The van der Waals surface area contributed by atoms with Crippen molar-refractivity contribution in [3.8, 4) is 0 Å². The third-order valence-corrected chi connectivity index (χ3v) is 5.01. The van der Waals surface area contributed by atoms with Gasteiger partial charge in [0.2, 0.25) is 0 Å². The van der Waals surface area contributed by atoms with E-state index in [9.17, 15) is 13.2 Å². The number of hydrogen-bond acceptors (Lipinski definition) is 5. The molecular formula is C18H27F3N4O2. The van der Waals surface area contributed by atoms with Gasteiger partial charge in [0, 0.05) is 45.7 Å². The van der Waals surface area contributed by atoms with Gasteiger partial charge in [-0.2, -0.15) is 13.2 Å². The molecule has 27 heavy (non-hydrogen) atoms. The normalized spacial score (nSPS) is 18.3. The van der Waals surface area contributed by atoms with Crippen molar-refractivity contribution in [3.63, 3.8) is 0 Å². The molecule has 2 aliphatic rings. The standard InChI is InChI=1S/C16H26N4.C2HF3O2/c1-19(2)16-14-7-9-20(11-13-5-3-4-6-13)10-8-15(14)17-12-18-16;3-2(4,5)1(6)7/h12-13H,3-11H2,1-2H3;(H,6,7). The first kappa shape index (κ1) is 21.4. The molecule has 1 aliphatic heterocycles. The molecule has 0 saturated heterocycles. The summed E-state index contributed by atoms with van der Waals surface area (Å²) in [6.07, 6.45) is 4.56. The molecule has 0 atom stereocenters. The summed E-state index contributed by atoms with van der Waals surface area (Å²) in [5.74, 6) is -0.708. The molecule has 1 aliphatic carbocycles. The van der Waals surface area contributed by atoms with Crippen molar-refractivity contribution in [1.29, 1.82) is 0 Å². The zero-order valence-corrected chi connectivity index (χ0v) is 15.8. The molecule has 9 heteroatoms. The van der Waals surface area contributed by atoms with E-state index in [1.807, 2.05) is 0 Å². The molecule has 6 nitrogen and oxygen atoms in total. The first-order valence-corrected chi connectivity index (χ1v) is 9.21. The summed E-state index contributed by atoms with van der Waals surface area (Å²) in [6, 6.07) is 0. The Morgan fingerprint density at radius 1 is 1.22 bits per heavy atom. The van der Waals surface area contributed by atoms with Crippen molar-refractivity contribution < 1.29 is 23.1 Å². The van der Waals surface area contributed by atoms with Crippen LogP contribution in [-0.4, -0.2) is 65.8 Å². The molecule has 0 aromatic carbocycles. The highest BCUT2D eigenvalue weighted by Crippen LogP contribution is 2.27. The number of anilines is 1. The average molecular weight is 388 g/mol. The zero-order valence-electron chi connectivity index (χ0n) is 15.8. The van der Waals surface area contributed by atoms with Gasteiger partial charge in [-0.25, -0.2) is 14.8 Å². The first-order chi connectivity index (χ1) is 12.7. The lowest BCUT2D eigenvalue weighted by atomic mass is 10.1. The molecule has 1 N–H and O–H groups in total. The van der Waals surface area contributed by atoms with Crippen LogP contribution in [0.1, 0.15) is 36.9 Å². The highest BCUT2D eigenvalue weighted by Gasteiger charge is 2.38. The Morgan fingerprint density at radius 2 is 1.81 bits per heavy atom. The van der Waals surface area contributed by atoms with Gasteiger partial charge in [-0.15, -0.1) is 0 Å². The maximum Gasteiger partial charge on any atom is 0.490 e. The summed E-state index contributed by atoms with van der Waals surface area (Å²) >= 11 is 0. The monoisotopic (exact) mass is 388 g/mol. The summed E-state index contributed by atoms with van der Waals surface area (Å²) in [5, 5.41) is 7.12. The van der Waals surface area contributed by atoms with Gasteiger partial charge in [0.05, 0.1) is 5.69 Å². The van der Waals surface area contributed by atoms with Crippen molar-refractivity contribution >= 4 is 11.8 Å². The van der Waals surface area contributed by atoms with E-state index in [2.05, 4.69) is 33.9 Å². The van der Waals surface area contributed by atoms with Crippen molar-refractivity contribution in [2.24, 2.45) is 5.92 Å². The number of carboxylic acid groups (broad SMARTS) is 1. The highest BCUT2D eigenvalue weighted by atomic mass is 19.4. The SMILES string of the molecule is CN(C)c1ncnc2c1CCN(CC1CCCC1)CC2.O=C(O)C(F)(F)F. The minimum absolute atomic E-state index is 0.940. The second-order valence-corrected chi connectivity index (χ2v) is 7.27. The van der Waals surface area contributed by atoms with E-state index in [0.717, 1.165) is 37.7 Å². The van der Waals surface area contributed by atoms with E-state index in [1.165, 1.54) is 43.5 Å². The fourth-order valence-corrected chi connectivity index (χ4v) is 3.68. The topological polar surface area (TPSA) is 69.6 Å². The third-order valence-electron chi connectivity index (χ3n) is 5.01. The molecule has 0 bridgehead atoms. The first-order valence-electron chi connectivity index (χ1n) is 9.21. The number of halogens is 3. The second-order valence-electron chi connectivity index (χ2n) is 7.27. The lowest BCUT2D eigenvalue weighted by Crippen LogP contribution is -2.31. The fraction of sp³-hybridized carbons (Fsp3) is 0.722. The number of rotatable bonds is 3. The van der Waals surface area contributed by atoms with Gasteiger partial charge in [-0.1, -0.05) is 12.8 Å². The Bertz CT molecular complexity index is 632. The van der Waals surface area contributed by atoms with Crippen LogP contribution in [-0.2, 0) is 17.6 Å². The van der Waals surface area contributed by atoms with Crippen LogP contribution < -0.4 is 4.90 Å². The van der Waals surface area contributed by atoms with Gasteiger partial charge in [0.15, 0.2) is 0 Å². The number of aromatic nitrogens is 2. The Labute approximate surface area is 157 Å². The molecule has 152 valence electrons. The van der Waals surface area contributed by atoms with Crippen LogP contribution in [0.4, 0.5) is 19.0 Å². The maximum absolute atomic E-state index is 10.6. The van der Waals surface area contributed by atoms with Crippen LogP contribution in [0.2, 0.25) is 0 Å². The van der Waals surface area contributed by atoms with Gasteiger partial charge in [-0.3, -0.25) is 0 Å².